The quantitative estimate of drug-likeness (QED) is 0.746. The third-order valence-corrected chi connectivity index (χ3v) is 6.66. The van der Waals surface area contributed by atoms with E-state index in [1.807, 2.05) is 13.8 Å². The normalized spacial score (nSPS) is 16.4. The van der Waals surface area contributed by atoms with Gasteiger partial charge in [-0.2, -0.15) is 4.31 Å². The maximum atomic E-state index is 12.8. The lowest BCUT2D eigenvalue weighted by molar-refractivity contribution is 0.0726. The molecule has 0 spiro atoms. The molecule has 6 nitrogen and oxygen atoms in total. The van der Waals surface area contributed by atoms with Crippen LogP contribution in [0.1, 0.15) is 36.4 Å². The number of morpholine rings is 1. The molecule has 1 aliphatic heterocycles. The molecule has 0 N–H and O–H groups in total. The molecule has 1 saturated heterocycles. The van der Waals surface area contributed by atoms with Gasteiger partial charge >= 0.3 is 0 Å². The Morgan fingerprint density at radius 3 is 2.43 bits per heavy atom. The van der Waals surface area contributed by atoms with Crippen LogP contribution in [0.4, 0.5) is 0 Å². The second-order valence-corrected chi connectivity index (χ2v) is 8.25. The van der Waals surface area contributed by atoms with Crippen molar-refractivity contribution < 1.29 is 17.9 Å². The summed E-state index contributed by atoms with van der Waals surface area (Å²) < 4.78 is 32.3. The monoisotopic (exact) mass is 360 g/mol. The lowest BCUT2D eigenvalue weighted by atomic mass is 10.3. The SMILES string of the molecule is CCCN(CCC)C(=O)c1sccc1S(=O)(=O)N1CCOCC1. The highest BCUT2D eigenvalue weighted by Crippen LogP contribution is 2.27. The zero-order valence-electron chi connectivity index (χ0n) is 13.7. The lowest BCUT2D eigenvalue weighted by Gasteiger charge is -2.27. The molecular weight excluding hydrogens is 336 g/mol. The minimum Gasteiger partial charge on any atom is -0.379 e. The summed E-state index contributed by atoms with van der Waals surface area (Å²) >= 11 is 1.20. The molecule has 0 bridgehead atoms. The fourth-order valence-corrected chi connectivity index (χ4v) is 5.35. The van der Waals surface area contributed by atoms with Crippen LogP contribution < -0.4 is 0 Å². The number of sulfonamides is 1. The highest BCUT2D eigenvalue weighted by atomic mass is 32.2. The summed E-state index contributed by atoms with van der Waals surface area (Å²) in [6, 6.07) is 1.54. The maximum absolute atomic E-state index is 12.8. The van der Waals surface area contributed by atoms with Gasteiger partial charge in [0.25, 0.3) is 5.91 Å². The van der Waals surface area contributed by atoms with Crippen LogP contribution in [-0.4, -0.2) is 62.9 Å². The molecule has 1 fully saturated rings. The van der Waals surface area contributed by atoms with Crippen LogP contribution in [-0.2, 0) is 14.8 Å². The van der Waals surface area contributed by atoms with Gasteiger partial charge in [-0.05, 0) is 24.3 Å². The Labute approximate surface area is 142 Å². The third kappa shape index (κ3) is 4.12. The first kappa shape index (κ1) is 18.4. The van der Waals surface area contributed by atoms with Gasteiger partial charge in [0.1, 0.15) is 9.77 Å². The van der Waals surface area contributed by atoms with Crippen molar-refractivity contribution in [2.45, 2.75) is 31.6 Å². The highest BCUT2D eigenvalue weighted by molar-refractivity contribution is 7.89. The molecule has 1 amide bonds. The zero-order chi connectivity index (χ0) is 16.9. The Morgan fingerprint density at radius 1 is 1.26 bits per heavy atom. The Hall–Kier alpha value is -0.960. The number of hydrogen-bond acceptors (Lipinski definition) is 5. The number of ether oxygens (including phenoxy) is 1. The van der Waals surface area contributed by atoms with E-state index in [1.54, 1.807) is 16.3 Å². The molecule has 2 rings (SSSR count). The Balaban J connectivity index is 2.29. The summed E-state index contributed by atoms with van der Waals surface area (Å²) in [7, 11) is -3.64. The van der Waals surface area contributed by atoms with E-state index in [2.05, 4.69) is 0 Å². The van der Waals surface area contributed by atoms with Gasteiger partial charge < -0.3 is 9.64 Å². The summed E-state index contributed by atoms with van der Waals surface area (Å²) in [5.74, 6) is -0.185. The van der Waals surface area contributed by atoms with Gasteiger partial charge in [-0.3, -0.25) is 4.79 Å². The first-order chi connectivity index (χ1) is 11.0. The first-order valence-corrected chi connectivity index (χ1v) is 10.3. The molecule has 0 radical (unpaired) electrons. The molecule has 1 aromatic heterocycles. The minimum atomic E-state index is -3.64. The van der Waals surface area contributed by atoms with Crippen LogP contribution in [0.5, 0.6) is 0 Å². The van der Waals surface area contributed by atoms with Gasteiger partial charge in [0, 0.05) is 26.2 Å². The van der Waals surface area contributed by atoms with Crippen molar-refractivity contribution in [2.24, 2.45) is 0 Å². The standard InChI is InChI=1S/C15H24N2O4S2/c1-3-6-16(7-4-2)15(18)14-13(5-12-22-14)23(19,20)17-8-10-21-11-9-17/h5,12H,3-4,6-11H2,1-2H3. The highest BCUT2D eigenvalue weighted by Gasteiger charge is 2.32. The number of hydrogen-bond donors (Lipinski definition) is 0. The molecule has 0 aliphatic carbocycles. The van der Waals surface area contributed by atoms with Crippen molar-refractivity contribution in [3.05, 3.63) is 16.3 Å². The van der Waals surface area contributed by atoms with E-state index < -0.39 is 10.0 Å². The Morgan fingerprint density at radius 2 is 1.87 bits per heavy atom. The van der Waals surface area contributed by atoms with E-state index in [0.717, 1.165) is 12.8 Å². The molecule has 1 aromatic rings. The molecule has 0 atom stereocenters. The van der Waals surface area contributed by atoms with Crippen LogP contribution in [0, 0.1) is 0 Å². The molecule has 0 saturated carbocycles. The number of carbonyl (C=O) groups excluding carboxylic acids is 1. The van der Waals surface area contributed by atoms with Gasteiger partial charge in [0.15, 0.2) is 0 Å². The smallest absolute Gasteiger partial charge is 0.265 e. The van der Waals surface area contributed by atoms with Crippen LogP contribution in [0.15, 0.2) is 16.3 Å². The summed E-state index contributed by atoms with van der Waals surface area (Å²) in [4.78, 5) is 15.0. The first-order valence-electron chi connectivity index (χ1n) is 7.97. The fourth-order valence-electron chi connectivity index (χ4n) is 2.58. The van der Waals surface area contributed by atoms with Crippen LogP contribution in [0.3, 0.4) is 0 Å². The second-order valence-electron chi connectivity index (χ2n) is 5.42. The van der Waals surface area contributed by atoms with Crippen LogP contribution in [0.25, 0.3) is 0 Å². The van der Waals surface area contributed by atoms with Crippen molar-refractivity contribution in [1.82, 2.24) is 9.21 Å². The minimum absolute atomic E-state index is 0.131. The van der Waals surface area contributed by atoms with E-state index in [-0.39, 0.29) is 10.8 Å². The van der Waals surface area contributed by atoms with Gasteiger partial charge in [-0.15, -0.1) is 11.3 Å². The maximum Gasteiger partial charge on any atom is 0.265 e. The Kier molecular flexibility index (Phi) is 6.58. The van der Waals surface area contributed by atoms with E-state index in [4.69, 9.17) is 4.74 Å². The van der Waals surface area contributed by atoms with Crippen molar-refractivity contribution in [3.8, 4) is 0 Å². The molecular formula is C15H24N2O4S2. The van der Waals surface area contributed by atoms with Crippen molar-refractivity contribution in [3.63, 3.8) is 0 Å². The number of amides is 1. The number of carbonyl (C=O) groups is 1. The van der Waals surface area contributed by atoms with Crippen LogP contribution >= 0.6 is 11.3 Å². The average molecular weight is 361 g/mol. The summed E-state index contributed by atoms with van der Waals surface area (Å²) in [6.07, 6.45) is 1.70. The summed E-state index contributed by atoms with van der Waals surface area (Å²) in [5.41, 5.74) is 0. The Bertz CT molecular complexity index is 615. The van der Waals surface area contributed by atoms with Crippen molar-refractivity contribution >= 4 is 27.3 Å². The average Bonchev–Trinajstić information content (AvgIpc) is 3.05. The van der Waals surface area contributed by atoms with Crippen molar-refractivity contribution in [2.75, 3.05) is 39.4 Å². The molecule has 0 aromatic carbocycles. The van der Waals surface area contributed by atoms with Gasteiger partial charge in [-0.1, -0.05) is 13.8 Å². The van der Waals surface area contributed by atoms with Gasteiger partial charge in [0.05, 0.1) is 13.2 Å². The lowest BCUT2D eigenvalue weighted by Crippen LogP contribution is -2.41. The molecule has 130 valence electrons. The van der Waals surface area contributed by atoms with E-state index >= 15 is 0 Å². The molecule has 2 heterocycles. The fraction of sp³-hybridized carbons (Fsp3) is 0.667. The van der Waals surface area contributed by atoms with Crippen molar-refractivity contribution in [1.29, 1.82) is 0 Å². The molecule has 1 aliphatic rings. The molecule has 23 heavy (non-hydrogen) atoms. The van der Waals surface area contributed by atoms with E-state index in [0.29, 0.717) is 44.3 Å². The summed E-state index contributed by atoms with van der Waals surface area (Å²) in [6.45, 7) is 6.75. The largest absolute Gasteiger partial charge is 0.379 e. The summed E-state index contributed by atoms with van der Waals surface area (Å²) in [5, 5.41) is 1.68. The van der Waals surface area contributed by atoms with E-state index in [9.17, 15) is 13.2 Å². The number of thiophene rings is 1. The predicted molar refractivity (Wildman–Crippen MR) is 90.4 cm³/mol. The van der Waals surface area contributed by atoms with Crippen LogP contribution in [0.2, 0.25) is 0 Å². The van der Waals surface area contributed by atoms with E-state index in [1.165, 1.54) is 15.6 Å². The topological polar surface area (TPSA) is 66.9 Å². The predicted octanol–water partition coefficient (Wildman–Crippen LogP) is 2.03. The zero-order valence-corrected chi connectivity index (χ0v) is 15.3. The third-order valence-electron chi connectivity index (χ3n) is 3.69. The van der Waals surface area contributed by atoms with Gasteiger partial charge in [0.2, 0.25) is 10.0 Å². The van der Waals surface area contributed by atoms with Gasteiger partial charge in [-0.25, -0.2) is 8.42 Å². The molecule has 8 heteroatoms. The second kappa shape index (κ2) is 8.23. The number of nitrogens with zero attached hydrogens (tertiary/aromatic N) is 2. The molecule has 0 unspecified atom stereocenters. The number of rotatable bonds is 7.